The molecular formula is C14H16Cl2N2O2. The van der Waals surface area contributed by atoms with E-state index in [1.54, 1.807) is 18.2 Å². The number of benzene rings is 1. The molecule has 108 valence electrons. The third-order valence-corrected chi connectivity index (χ3v) is 4.74. The summed E-state index contributed by atoms with van der Waals surface area (Å²) in [6.07, 6.45) is 2.21. The molecule has 0 spiro atoms. The normalized spacial score (nSPS) is 21.4. The van der Waals surface area contributed by atoms with E-state index >= 15 is 0 Å². The molecule has 2 fully saturated rings. The van der Waals surface area contributed by atoms with E-state index in [4.69, 9.17) is 23.2 Å². The maximum Gasteiger partial charge on any atom is 0.238 e. The molecule has 4 nitrogen and oxygen atoms in total. The predicted molar refractivity (Wildman–Crippen MR) is 79.2 cm³/mol. The number of β-amino-alcohol motifs (C(OH)–C–C–N with tert-alkyl or cyclic N) is 1. The van der Waals surface area contributed by atoms with Crippen molar-refractivity contribution in [2.24, 2.45) is 5.92 Å². The van der Waals surface area contributed by atoms with Crippen LogP contribution in [0.2, 0.25) is 10.0 Å². The van der Waals surface area contributed by atoms with Gasteiger partial charge in [0.1, 0.15) is 0 Å². The molecule has 1 saturated carbocycles. The zero-order valence-electron chi connectivity index (χ0n) is 10.9. The number of amides is 1. The third kappa shape index (κ3) is 2.79. The number of carbonyl (C=O) groups excluding carboxylic acids is 1. The second-order valence-corrected chi connectivity index (χ2v) is 6.46. The molecule has 0 aromatic heterocycles. The molecule has 0 radical (unpaired) electrons. The molecule has 6 heteroatoms. The smallest absolute Gasteiger partial charge is 0.238 e. The first kappa shape index (κ1) is 14.1. The minimum atomic E-state index is -0.562. The average molecular weight is 315 g/mol. The van der Waals surface area contributed by atoms with Crippen molar-refractivity contribution in [3.8, 4) is 0 Å². The van der Waals surface area contributed by atoms with E-state index in [1.165, 1.54) is 0 Å². The van der Waals surface area contributed by atoms with Crippen molar-refractivity contribution >= 4 is 34.8 Å². The molecule has 1 heterocycles. The van der Waals surface area contributed by atoms with E-state index in [2.05, 4.69) is 5.32 Å². The highest BCUT2D eigenvalue weighted by Gasteiger charge is 2.51. The summed E-state index contributed by atoms with van der Waals surface area (Å²) in [4.78, 5) is 13.9. The lowest BCUT2D eigenvalue weighted by atomic mass is 9.89. The number of hydrogen-bond donors (Lipinski definition) is 2. The molecule has 0 unspecified atom stereocenters. The zero-order chi connectivity index (χ0) is 14.3. The lowest BCUT2D eigenvalue weighted by molar-refractivity contribution is -0.132. The number of anilines is 1. The molecule has 20 heavy (non-hydrogen) atoms. The summed E-state index contributed by atoms with van der Waals surface area (Å²) in [6.45, 7) is 1.42. The topological polar surface area (TPSA) is 52.6 Å². The van der Waals surface area contributed by atoms with Crippen LogP contribution in [0.15, 0.2) is 18.2 Å². The van der Waals surface area contributed by atoms with Crippen molar-refractivity contribution < 1.29 is 9.90 Å². The molecule has 1 aliphatic heterocycles. The van der Waals surface area contributed by atoms with Crippen LogP contribution in [0.1, 0.15) is 12.8 Å². The number of nitrogens with zero attached hydrogens (tertiary/aromatic N) is 1. The molecular weight excluding hydrogens is 299 g/mol. The van der Waals surface area contributed by atoms with Crippen molar-refractivity contribution in [2.75, 3.05) is 25.0 Å². The van der Waals surface area contributed by atoms with Gasteiger partial charge in [-0.2, -0.15) is 0 Å². The number of aliphatic hydroxyl groups is 1. The zero-order valence-corrected chi connectivity index (χ0v) is 12.4. The van der Waals surface area contributed by atoms with Gasteiger partial charge in [0, 0.05) is 13.1 Å². The van der Waals surface area contributed by atoms with E-state index < -0.39 is 5.60 Å². The van der Waals surface area contributed by atoms with Crippen molar-refractivity contribution in [3.05, 3.63) is 28.2 Å². The SMILES string of the molecule is O=C(CN1CC(O)(C2CC2)C1)Nc1cccc(Cl)c1Cl. The molecule has 3 rings (SSSR count). The molecule has 1 aliphatic carbocycles. The summed E-state index contributed by atoms with van der Waals surface area (Å²) < 4.78 is 0. The highest BCUT2D eigenvalue weighted by Crippen LogP contribution is 2.44. The molecule has 0 atom stereocenters. The second-order valence-electron chi connectivity index (χ2n) is 5.67. The van der Waals surface area contributed by atoms with E-state index in [0.717, 1.165) is 12.8 Å². The maximum absolute atomic E-state index is 11.9. The van der Waals surface area contributed by atoms with Crippen LogP contribution in [0.25, 0.3) is 0 Å². The molecule has 1 aromatic rings. The Hall–Kier alpha value is -0.810. The number of rotatable bonds is 4. The van der Waals surface area contributed by atoms with Crippen LogP contribution >= 0.6 is 23.2 Å². The fourth-order valence-corrected chi connectivity index (χ4v) is 3.06. The maximum atomic E-state index is 11.9. The number of nitrogens with one attached hydrogen (secondary N) is 1. The van der Waals surface area contributed by atoms with Gasteiger partial charge in [-0.25, -0.2) is 0 Å². The summed E-state index contributed by atoms with van der Waals surface area (Å²) in [7, 11) is 0. The Labute approximate surface area is 127 Å². The van der Waals surface area contributed by atoms with Crippen LogP contribution in [0, 0.1) is 5.92 Å². The minimum absolute atomic E-state index is 0.146. The Bertz CT molecular complexity index is 540. The summed E-state index contributed by atoms with van der Waals surface area (Å²) in [5.74, 6) is 0.288. The summed E-state index contributed by atoms with van der Waals surface area (Å²) in [5.41, 5.74) is -0.0457. The summed E-state index contributed by atoms with van der Waals surface area (Å²) in [6, 6.07) is 5.12. The van der Waals surface area contributed by atoms with Crippen LogP contribution < -0.4 is 5.32 Å². The van der Waals surface area contributed by atoms with Crippen LogP contribution in [0.4, 0.5) is 5.69 Å². The van der Waals surface area contributed by atoms with Crippen LogP contribution in [0.3, 0.4) is 0 Å². The first-order valence-corrected chi connectivity index (χ1v) is 7.42. The number of halogens is 2. The Balaban J connectivity index is 1.52. The van der Waals surface area contributed by atoms with Gasteiger partial charge < -0.3 is 10.4 Å². The van der Waals surface area contributed by atoms with Gasteiger partial charge >= 0.3 is 0 Å². The molecule has 1 aromatic carbocycles. The Morgan fingerprint density at radius 2 is 2.10 bits per heavy atom. The van der Waals surface area contributed by atoms with Crippen molar-refractivity contribution in [1.29, 1.82) is 0 Å². The molecule has 0 bridgehead atoms. The molecule has 1 saturated heterocycles. The highest BCUT2D eigenvalue weighted by molar-refractivity contribution is 6.43. The summed E-state index contributed by atoms with van der Waals surface area (Å²) in [5, 5.41) is 13.7. The van der Waals surface area contributed by atoms with Crippen LogP contribution in [-0.2, 0) is 4.79 Å². The van der Waals surface area contributed by atoms with Crippen molar-refractivity contribution in [2.45, 2.75) is 18.4 Å². The number of hydrogen-bond acceptors (Lipinski definition) is 3. The van der Waals surface area contributed by atoms with Gasteiger partial charge in [-0.15, -0.1) is 0 Å². The Kier molecular flexibility index (Phi) is 3.67. The lowest BCUT2D eigenvalue weighted by Crippen LogP contribution is -2.64. The summed E-state index contributed by atoms with van der Waals surface area (Å²) >= 11 is 11.9. The fraction of sp³-hybridized carbons (Fsp3) is 0.500. The van der Waals surface area contributed by atoms with Crippen LogP contribution in [-0.4, -0.2) is 41.1 Å². The molecule has 2 aliphatic rings. The molecule has 1 amide bonds. The van der Waals surface area contributed by atoms with Gasteiger partial charge in [-0.1, -0.05) is 29.3 Å². The van der Waals surface area contributed by atoms with Gasteiger partial charge in [-0.3, -0.25) is 9.69 Å². The quantitative estimate of drug-likeness (QED) is 0.897. The van der Waals surface area contributed by atoms with Crippen molar-refractivity contribution in [3.63, 3.8) is 0 Å². The monoisotopic (exact) mass is 314 g/mol. The Morgan fingerprint density at radius 3 is 2.75 bits per heavy atom. The first-order valence-electron chi connectivity index (χ1n) is 6.66. The molecule has 2 N–H and O–H groups in total. The minimum Gasteiger partial charge on any atom is -0.387 e. The highest BCUT2D eigenvalue weighted by atomic mass is 35.5. The lowest BCUT2D eigenvalue weighted by Gasteiger charge is -2.46. The van der Waals surface area contributed by atoms with Gasteiger partial charge in [0.05, 0.1) is 27.9 Å². The first-order chi connectivity index (χ1) is 9.48. The fourth-order valence-electron chi connectivity index (χ4n) is 2.71. The van der Waals surface area contributed by atoms with Gasteiger partial charge in [0.15, 0.2) is 0 Å². The standard InChI is InChI=1S/C14H16Cl2N2O2/c15-10-2-1-3-11(13(10)16)17-12(19)6-18-7-14(20,8-18)9-4-5-9/h1-3,9,20H,4-8H2,(H,17,19). The predicted octanol–water partition coefficient (Wildman–Crippen LogP) is 2.39. The van der Waals surface area contributed by atoms with Gasteiger partial charge in [-0.05, 0) is 30.9 Å². The van der Waals surface area contributed by atoms with E-state index in [-0.39, 0.29) is 12.5 Å². The van der Waals surface area contributed by atoms with E-state index in [9.17, 15) is 9.90 Å². The second kappa shape index (κ2) is 5.19. The third-order valence-electron chi connectivity index (χ3n) is 3.92. The van der Waals surface area contributed by atoms with Gasteiger partial charge in [0.25, 0.3) is 0 Å². The van der Waals surface area contributed by atoms with E-state index in [1.807, 2.05) is 4.90 Å². The average Bonchev–Trinajstić information content (AvgIpc) is 3.17. The van der Waals surface area contributed by atoms with Crippen LogP contribution in [0.5, 0.6) is 0 Å². The van der Waals surface area contributed by atoms with Gasteiger partial charge in [0.2, 0.25) is 5.91 Å². The largest absolute Gasteiger partial charge is 0.387 e. The number of likely N-dealkylation sites (tertiary alicyclic amines) is 1. The Morgan fingerprint density at radius 1 is 1.40 bits per heavy atom. The number of carbonyl (C=O) groups is 1. The van der Waals surface area contributed by atoms with E-state index in [0.29, 0.717) is 34.7 Å². The van der Waals surface area contributed by atoms with Crippen molar-refractivity contribution in [1.82, 2.24) is 4.90 Å².